The topological polar surface area (TPSA) is 212 Å². The molecule has 3 heterocycles. The summed E-state index contributed by atoms with van der Waals surface area (Å²) in [6.45, 7) is 11.1. The number of cyclic esters (lactones) is 1. The standard InChI is InChI=1S/C42H65NO16/c1-12-33-29(20-53-41-40(52-11)38(51-10)32(49)21-54-41)17-22(2)13-14-30(47)23(3)18-28(15-16-44)36(24(4)31(48)19-34(50)58-33)59-42-39(57-27(7)46)35(43(8)9)37(25(5)55-42)56-26(6)45/h13-14,16-17,21,23-25,28-29,31,33,35-42,48-49H,12,15,18-20H2,1-11H3/b14-13+,22-17+/t23-,24+,25?,28+,29?,31-,33-,35?,36-,37-,38?,39?,40?,41-,42+/m1/s1. The number of hydrogen-bond acceptors (Lipinski definition) is 17. The predicted octanol–water partition coefficient (Wildman–Crippen LogP) is 3.35. The number of carbonyl (C=O) groups is 5. The lowest BCUT2D eigenvalue weighted by atomic mass is 9.79. The quantitative estimate of drug-likeness (QED) is 0.155. The van der Waals surface area contributed by atoms with E-state index in [4.69, 9.17) is 42.6 Å². The lowest BCUT2D eigenvalue weighted by Crippen LogP contribution is -2.65. The van der Waals surface area contributed by atoms with Gasteiger partial charge in [-0.25, -0.2) is 0 Å². The van der Waals surface area contributed by atoms with Crippen LogP contribution in [0, 0.1) is 23.7 Å². The zero-order valence-corrected chi connectivity index (χ0v) is 36.1. The summed E-state index contributed by atoms with van der Waals surface area (Å²) in [4.78, 5) is 65.9. The minimum absolute atomic E-state index is 0.0330. The van der Waals surface area contributed by atoms with E-state index >= 15 is 0 Å². The highest BCUT2D eigenvalue weighted by molar-refractivity contribution is 5.91. The molecule has 0 aromatic rings. The highest BCUT2D eigenvalue weighted by atomic mass is 16.7. The zero-order chi connectivity index (χ0) is 44.1. The van der Waals surface area contributed by atoms with Gasteiger partial charge in [-0.05, 0) is 52.8 Å². The summed E-state index contributed by atoms with van der Waals surface area (Å²) in [7, 11) is 6.29. The van der Waals surface area contributed by atoms with Crippen LogP contribution in [0.15, 0.2) is 35.8 Å². The first-order chi connectivity index (χ1) is 27.9. The molecule has 2 N–H and O–H groups in total. The van der Waals surface area contributed by atoms with Crippen LogP contribution >= 0.6 is 0 Å². The Morgan fingerprint density at radius 1 is 0.966 bits per heavy atom. The third-order valence-electron chi connectivity index (χ3n) is 11.1. The molecular formula is C42H65NO16. The van der Waals surface area contributed by atoms with E-state index in [1.54, 1.807) is 52.8 Å². The number of carbonyl (C=O) groups excluding carboxylic acids is 5. The van der Waals surface area contributed by atoms with Gasteiger partial charge in [0, 0.05) is 52.2 Å². The molecule has 3 rings (SSSR count). The highest BCUT2D eigenvalue weighted by Gasteiger charge is 2.51. The van der Waals surface area contributed by atoms with E-state index < -0.39 is 115 Å². The second-order valence-electron chi connectivity index (χ2n) is 15.8. The van der Waals surface area contributed by atoms with Gasteiger partial charge in [-0.2, -0.15) is 0 Å². The molecule has 3 aliphatic heterocycles. The van der Waals surface area contributed by atoms with Crippen LogP contribution in [0.1, 0.15) is 74.1 Å². The number of allylic oxidation sites excluding steroid dienone is 3. The van der Waals surface area contributed by atoms with Crippen molar-refractivity contribution in [1.82, 2.24) is 4.90 Å². The Labute approximate surface area is 347 Å². The molecule has 0 saturated carbocycles. The van der Waals surface area contributed by atoms with Crippen molar-refractivity contribution in [3.8, 4) is 0 Å². The van der Waals surface area contributed by atoms with Crippen LogP contribution < -0.4 is 0 Å². The molecule has 59 heavy (non-hydrogen) atoms. The van der Waals surface area contributed by atoms with Crippen LogP contribution in [0.4, 0.5) is 0 Å². The number of nitrogens with zero attached hydrogens (tertiary/aromatic N) is 1. The first-order valence-electron chi connectivity index (χ1n) is 20.1. The van der Waals surface area contributed by atoms with Crippen molar-refractivity contribution < 1.29 is 76.8 Å². The maximum absolute atomic E-state index is 13.7. The Morgan fingerprint density at radius 3 is 2.20 bits per heavy atom. The number of esters is 3. The number of likely N-dealkylation sites (N-methyl/N-ethyl adjacent to an activating group) is 1. The van der Waals surface area contributed by atoms with Crippen LogP contribution in [-0.4, -0.2) is 147 Å². The zero-order valence-electron chi connectivity index (χ0n) is 36.1. The molecule has 3 aliphatic rings. The fourth-order valence-corrected chi connectivity index (χ4v) is 7.96. The maximum Gasteiger partial charge on any atom is 0.308 e. The van der Waals surface area contributed by atoms with Gasteiger partial charge < -0.3 is 57.6 Å². The Balaban J connectivity index is 2.03. The van der Waals surface area contributed by atoms with E-state index in [0.717, 1.165) is 6.26 Å². The van der Waals surface area contributed by atoms with Gasteiger partial charge in [-0.15, -0.1) is 0 Å². The number of aliphatic hydroxyl groups excluding tert-OH is 2. The molecule has 0 aliphatic carbocycles. The Hall–Kier alpha value is -3.71. The van der Waals surface area contributed by atoms with Crippen molar-refractivity contribution in [3.63, 3.8) is 0 Å². The smallest absolute Gasteiger partial charge is 0.308 e. The van der Waals surface area contributed by atoms with E-state index in [9.17, 15) is 34.2 Å². The molecule has 0 amide bonds. The first kappa shape index (κ1) is 49.7. The molecule has 0 bridgehead atoms. The van der Waals surface area contributed by atoms with Gasteiger partial charge in [0.2, 0.25) is 6.29 Å². The van der Waals surface area contributed by atoms with Gasteiger partial charge in [0.05, 0.1) is 37.4 Å². The lowest BCUT2D eigenvalue weighted by molar-refractivity contribution is -0.308. The lowest BCUT2D eigenvalue weighted by Gasteiger charge is -2.48. The summed E-state index contributed by atoms with van der Waals surface area (Å²) in [5.41, 5.74) is 0.669. The molecule has 334 valence electrons. The number of aldehydes is 1. The first-order valence-corrected chi connectivity index (χ1v) is 20.1. The third kappa shape index (κ3) is 13.6. The normalized spacial score (nSPS) is 37.9. The van der Waals surface area contributed by atoms with Gasteiger partial charge in [0.15, 0.2) is 30.0 Å². The van der Waals surface area contributed by atoms with Crippen molar-refractivity contribution in [2.45, 2.75) is 142 Å². The summed E-state index contributed by atoms with van der Waals surface area (Å²) >= 11 is 0. The van der Waals surface area contributed by atoms with Crippen LogP contribution in [0.3, 0.4) is 0 Å². The minimum Gasteiger partial charge on any atom is -0.506 e. The largest absolute Gasteiger partial charge is 0.506 e. The Morgan fingerprint density at radius 2 is 1.63 bits per heavy atom. The second-order valence-corrected chi connectivity index (χ2v) is 15.8. The van der Waals surface area contributed by atoms with Crippen molar-refractivity contribution in [2.24, 2.45) is 23.7 Å². The minimum atomic E-state index is -1.37. The van der Waals surface area contributed by atoms with Gasteiger partial charge in [0.25, 0.3) is 0 Å². The second kappa shape index (κ2) is 23.3. The molecule has 17 heteroatoms. The van der Waals surface area contributed by atoms with E-state index in [-0.39, 0.29) is 31.0 Å². The van der Waals surface area contributed by atoms with Gasteiger partial charge >= 0.3 is 17.9 Å². The molecular weight excluding hydrogens is 774 g/mol. The summed E-state index contributed by atoms with van der Waals surface area (Å²) in [5.74, 6) is -5.06. The van der Waals surface area contributed by atoms with E-state index in [1.807, 2.05) is 13.0 Å². The summed E-state index contributed by atoms with van der Waals surface area (Å²) in [5, 5.41) is 22.0. The summed E-state index contributed by atoms with van der Waals surface area (Å²) in [6, 6.07) is -0.734. The monoisotopic (exact) mass is 839 g/mol. The fourth-order valence-electron chi connectivity index (χ4n) is 7.96. The van der Waals surface area contributed by atoms with Crippen molar-refractivity contribution in [3.05, 3.63) is 35.8 Å². The molecule has 0 spiro atoms. The SMILES string of the molecule is CC[C@H]1OC(=O)C[C@@H](O)[C@H](C)[C@@H](O[C@@H]2OC(C)[C@@H](OC(C)=O)C(N(C)C)C2OC(C)=O)[C@@H](CC=O)C[C@@H](C)C(=O)/C=C/C(C)=C/C1CO[C@@H]1OC=C(O)C(OC)C1OC. The van der Waals surface area contributed by atoms with Crippen LogP contribution in [0.2, 0.25) is 0 Å². The van der Waals surface area contributed by atoms with Crippen LogP contribution in [-0.2, 0) is 66.6 Å². The molecule has 0 radical (unpaired) electrons. The van der Waals surface area contributed by atoms with Crippen LogP contribution in [0.25, 0.3) is 0 Å². The van der Waals surface area contributed by atoms with E-state index in [1.165, 1.54) is 34.1 Å². The summed E-state index contributed by atoms with van der Waals surface area (Å²) < 4.78 is 53.0. The molecule has 15 atom stereocenters. The average molecular weight is 840 g/mol. The Bertz CT molecular complexity index is 1510. The van der Waals surface area contributed by atoms with Crippen molar-refractivity contribution >= 4 is 30.0 Å². The highest BCUT2D eigenvalue weighted by Crippen LogP contribution is 2.36. The van der Waals surface area contributed by atoms with Crippen molar-refractivity contribution in [1.29, 1.82) is 0 Å². The Kier molecular flexibility index (Phi) is 19.6. The summed E-state index contributed by atoms with van der Waals surface area (Å²) in [6.07, 6.45) is -3.17. The van der Waals surface area contributed by atoms with Crippen molar-refractivity contribution in [2.75, 3.05) is 34.9 Å². The number of rotatable bonds is 13. The van der Waals surface area contributed by atoms with Gasteiger partial charge in [-0.3, -0.25) is 24.1 Å². The number of ketones is 1. The van der Waals surface area contributed by atoms with Gasteiger partial charge in [-0.1, -0.05) is 38.5 Å². The predicted molar refractivity (Wildman–Crippen MR) is 210 cm³/mol. The molecule has 0 aromatic carbocycles. The average Bonchev–Trinajstić information content (AvgIpc) is 3.16. The maximum atomic E-state index is 13.7. The fraction of sp³-hybridized carbons (Fsp3) is 0.738. The number of aliphatic hydroxyl groups is 2. The third-order valence-corrected chi connectivity index (χ3v) is 11.1. The molecule has 1 fully saturated rings. The number of hydrogen-bond donors (Lipinski definition) is 2. The number of ether oxygens (including phenoxy) is 9. The molecule has 1 saturated heterocycles. The number of methoxy groups -OCH3 is 2. The molecule has 17 nitrogen and oxygen atoms in total. The molecule has 6 unspecified atom stereocenters. The van der Waals surface area contributed by atoms with E-state index in [2.05, 4.69) is 0 Å². The van der Waals surface area contributed by atoms with Gasteiger partial charge in [0.1, 0.15) is 30.9 Å². The molecule has 0 aromatic heterocycles. The van der Waals surface area contributed by atoms with E-state index in [0.29, 0.717) is 18.3 Å². The van der Waals surface area contributed by atoms with Crippen LogP contribution in [0.5, 0.6) is 0 Å².